The number of thiazole rings is 1. The van der Waals surface area contributed by atoms with Crippen LogP contribution in [0, 0.1) is 19.7 Å². The Morgan fingerprint density at radius 1 is 1.00 bits per heavy atom. The molecular formula is C28H25FN2O3S2. The van der Waals surface area contributed by atoms with Crippen molar-refractivity contribution in [2.75, 3.05) is 5.32 Å². The summed E-state index contributed by atoms with van der Waals surface area (Å²) in [5.41, 5.74) is 4.54. The van der Waals surface area contributed by atoms with Crippen LogP contribution in [0.15, 0.2) is 71.6 Å². The van der Waals surface area contributed by atoms with Crippen molar-refractivity contribution < 1.29 is 19.1 Å². The van der Waals surface area contributed by atoms with Crippen LogP contribution in [0.25, 0.3) is 21.0 Å². The molecule has 4 aromatic rings. The molecule has 36 heavy (non-hydrogen) atoms. The van der Waals surface area contributed by atoms with Crippen LogP contribution >= 0.6 is 23.1 Å². The molecule has 4 rings (SSSR count). The van der Waals surface area contributed by atoms with Gasteiger partial charge in [-0.1, -0.05) is 35.9 Å². The van der Waals surface area contributed by atoms with Gasteiger partial charge in [0, 0.05) is 16.1 Å². The average Bonchev–Trinajstić information content (AvgIpc) is 3.26. The molecule has 1 heterocycles. The van der Waals surface area contributed by atoms with Gasteiger partial charge in [-0.25, -0.2) is 9.37 Å². The SMILES string of the molecule is Cc1ccc(-c2sc(-c3ccc(SC(C)(C)C(=O)O)cc3C)nc2C(=O)Nc2ccc(F)cc2)cc1. The Morgan fingerprint density at radius 3 is 2.28 bits per heavy atom. The second-order valence-corrected chi connectivity index (χ2v) is 11.6. The molecule has 0 atom stereocenters. The number of amides is 1. The van der Waals surface area contributed by atoms with Crippen LogP contribution in [0.3, 0.4) is 0 Å². The molecule has 0 bridgehead atoms. The van der Waals surface area contributed by atoms with E-state index in [2.05, 4.69) is 5.32 Å². The van der Waals surface area contributed by atoms with Crippen molar-refractivity contribution in [3.05, 3.63) is 89.4 Å². The fourth-order valence-corrected chi connectivity index (χ4v) is 5.70. The van der Waals surface area contributed by atoms with Gasteiger partial charge >= 0.3 is 5.97 Å². The highest BCUT2D eigenvalue weighted by Gasteiger charge is 2.29. The van der Waals surface area contributed by atoms with E-state index in [1.807, 2.05) is 56.3 Å². The summed E-state index contributed by atoms with van der Waals surface area (Å²) < 4.78 is 12.3. The van der Waals surface area contributed by atoms with Crippen LogP contribution in [-0.2, 0) is 4.79 Å². The van der Waals surface area contributed by atoms with Crippen LogP contribution in [0.4, 0.5) is 10.1 Å². The minimum atomic E-state index is -0.959. The van der Waals surface area contributed by atoms with Crippen molar-refractivity contribution in [3.8, 4) is 21.0 Å². The Labute approximate surface area is 217 Å². The van der Waals surface area contributed by atoms with E-state index in [0.717, 1.165) is 32.0 Å². The van der Waals surface area contributed by atoms with Crippen LogP contribution in [-0.4, -0.2) is 26.7 Å². The Kier molecular flexibility index (Phi) is 7.28. The number of carbonyl (C=O) groups is 2. The molecular weight excluding hydrogens is 495 g/mol. The minimum Gasteiger partial charge on any atom is -0.480 e. The number of benzene rings is 3. The summed E-state index contributed by atoms with van der Waals surface area (Å²) in [6.07, 6.45) is 0. The topological polar surface area (TPSA) is 79.3 Å². The summed E-state index contributed by atoms with van der Waals surface area (Å²) in [4.78, 5) is 31.1. The van der Waals surface area contributed by atoms with Crippen molar-refractivity contribution in [3.63, 3.8) is 0 Å². The highest BCUT2D eigenvalue weighted by Crippen LogP contribution is 2.39. The number of halogens is 1. The van der Waals surface area contributed by atoms with E-state index in [1.54, 1.807) is 13.8 Å². The van der Waals surface area contributed by atoms with Gasteiger partial charge in [-0.05, 0) is 75.2 Å². The predicted octanol–water partition coefficient (Wildman–Crippen LogP) is 7.44. The molecule has 2 N–H and O–H groups in total. The van der Waals surface area contributed by atoms with Crippen molar-refractivity contribution in [2.45, 2.75) is 37.3 Å². The quantitative estimate of drug-likeness (QED) is 0.248. The molecule has 0 fully saturated rings. The number of nitrogens with zero attached hydrogens (tertiary/aromatic N) is 1. The second-order valence-electron chi connectivity index (χ2n) is 8.92. The maximum atomic E-state index is 13.3. The summed E-state index contributed by atoms with van der Waals surface area (Å²) in [5.74, 6) is -1.64. The molecule has 3 aromatic carbocycles. The number of aromatic nitrogens is 1. The first kappa shape index (κ1) is 25.6. The number of carboxylic acid groups (broad SMARTS) is 1. The number of rotatable bonds is 7. The molecule has 0 aliphatic rings. The van der Waals surface area contributed by atoms with Gasteiger partial charge in [-0.15, -0.1) is 23.1 Å². The maximum absolute atomic E-state index is 13.3. The Bertz CT molecular complexity index is 1430. The maximum Gasteiger partial charge on any atom is 0.319 e. The highest BCUT2D eigenvalue weighted by atomic mass is 32.2. The normalized spacial score (nSPS) is 11.4. The van der Waals surface area contributed by atoms with Gasteiger partial charge in [0.05, 0.1) is 4.88 Å². The number of carboxylic acids is 1. The molecule has 0 spiro atoms. The van der Waals surface area contributed by atoms with Crippen molar-refractivity contribution in [1.29, 1.82) is 0 Å². The van der Waals surface area contributed by atoms with E-state index >= 15 is 0 Å². The van der Waals surface area contributed by atoms with Crippen LogP contribution < -0.4 is 5.32 Å². The number of hydrogen-bond acceptors (Lipinski definition) is 5. The Morgan fingerprint density at radius 2 is 1.67 bits per heavy atom. The van der Waals surface area contributed by atoms with E-state index in [-0.39, 0.29) is 17.4 Å². The number of aliphatic carboxylic acids is 1. The Hall–Kier alpha value is -3.49. The fourth-order valence-electron chi connectivity index (χ4n) is 3.49. The number of anilines is 1. The first-order valence-electron chi connectivity index (χ1n) is 11.2. The first-order valence-corrected chi connectivity index (χ1v) is 12.8. The van der Waals surface area contributed by atoms with E-state index in [0.29, 0.717) is 10.7 Å². The van der Waals surface area contributed by atoms with E-state index < -0.39 is 10.7 Å². The number of hydrogen-bond donors (Lipinski definition) is 2. The molecule has 0 radical (unpaired) electrons. The van der Waals surface area contributed by atoms with Gasteiger partial charge in [-0.3, -0.25) is 9.59 Å². The monoisotopic (exact) mass is 520 g/mol. The molecule has 0 aliphatic heterocycles. The van der Waals surface area contributed by atoms with Crippen LogP contribution in [0.1, 0.15) is 35.5 Å². The third kappa shape index (κ3) is 5.66. The van der Waals surface area contributed by atoms with Crippen LogP contribution in [0.2, 0.25) is 0 Å². The van der Waals surface area contributed by atoms with Gasteiger partial charge in [0.1, 0.15) is 21.3 Å². The average molecular weight is 521 g/mol. The summed E-state index contributed by atoms with van der Waals surface area (Å²) in [6, 6.07) is 19.2. The third-order valence-electron chi connectivity index (χ3n) is 5.57. The van der Waals surface area contributed by atoms with Gasteiger partial charge in [0.2, 0.25) is 0 Å². The molecule has 184 valence electrons. The number of aryl methyl sites for hydroxylation is 2. The summed E-state index contributed by atoms with van der Waals surface area (Å²) in [5, 5.41) is 12.9. The van der Waals surface area contributed by atoms with E-state index in [9.17, 15) is 19.1 Å². The molecule has 0 saturated heterocycles. The zero-order valence-electron chi connectivity index (χ0n) is 20.3. The Balaban J connectivity index is 1.72. The lowest BCUT2D eigenvalue weighted by Crippen LogP contribution is -2.26. The van der Waals surface area contributed by atoms with Crippen molar-refractivity contribution in [2.24, 2.45) is 0 Å². The van der Waals surface area contributed by atoms with E-state index in [4.69, 9.17) is 4.98 Å². The lowest BCUT2D eigenvalue weighted by molar-refractivity contribution is -0.138. The third-order valence-corrected chi connectivity index (χ3v) is 7.89. The molecule has 8 heteroatoms. The predicted molar refractivity (Wildman–Crippen MR) is 144 cm³/mol. The summed E-state index contributed by atoms with van der Waals surface area (Å²) in [7, 11) is 0. The zero-order valence-corrected chi connectivity index (χ0v) is 21.9. The molecule has 1 amide bonds. The minimum absolute atomic E-state index is 0.285. The number of carbonyl (C=O) groups excluding carboxylic acids is 1. The molecule has 0 saturated carbocycles. The summed E-state index contributed by atoms with van der Waals surface area (Å²) in [6.45, 7) is 7.28. The lowest BCUT2D eigenvalue weighted by atomic mass is 10.1. The first-order chi connectivity index (χ1) is 17.0. The standard InChI is InChI=1S/C28H25FN2O3S2/c1-16-5-7-18(8-6-16)24-23(25(32)30-20-11-9-19(29)10-12-20)31-26(35-24)22-14-13-21(15-17(22)2)36-28(3,4)27(33)34/h5-15H,1-4H3,(H,30,32)(H,33,34). The van der Waals surface area contributed by atoms with Crippen molar-refractivity contribution in [1.82, 2.24) is 4.98 Å². The lowest BCUT2D eigenvalue weighted by Gasteiger charge is -2.19. The highest BCUT2D eigenvalue weighted by molar-refractivity contribution is 8.01. The molecule has 0 unspecified atom stereocenters. The van der Waals surface area contributed by atoms with Gasteiger partial charge < -0.3 is 10.4 Å². The molecule has 0 aliphatic carbocycles. The van der Waals surface area contributed by atoms with Gasteiger partial charge in [0.25, 0.3) is 5.91 Å². The van der Waals surface area contributed by atoms with Gasteiger partial charge in [-0.2, -0.15) is 0 Å². The van der Waals surface area contributed by atoms with Crippen molar-refractivity contribution >= 4 is 40.7 Å². The van der Waals surface area contributed by atoms with Gasteiger partial charge in [0.15, 0.2) is 0 Å². The zero-order chi connectivity index (χ0) is 26.0. The van der Waals surface area contributed by atoms with E-state index in [1.165, 1.54) is 47.4 Å². The fraction of sp³-hybridized carbons (Fsp3) is 0.179. The molecule has 5 nitrogen and oxygen atoms in total. The number of nitrogens with one attached hydrogen (secondary N) is 1. The largest absolute Gasteiger partial charge is 0.480 e. The summed E-state index contributed by atoms with van der Waals surface area (Å²) >= 11 is 2.70. The smallest absolute Gasteiger partial charge is 0.319 e. The van der Waals surface area contributed by atoms with Crippen LogP contribution in [0.5, 0.6) is 0 Å². The number of thioether (sulfide) groups is 1. The second kappa shape index (κ2) is 10.2. The molecule has 1 aromatic heterocycles.